The number of carbonyl (C=O) groups is 3. The predicted molar refractivity (Wildman–Crippen MR) is 93.2 cm³/mol. The van der Waals surface area contributed by atoms with Crippen LogP contribution in [-0.4, -0.2) is 45.9 Å². The summed E-state index contributed by atoms with van der Waals surface area (Å²) < 4.78 is 5.17. The van der Waals surface area contributed by atoms with Crippen molar-refractivity contribution in [3.8, 4) is 5.75 Å². The number of benzene rings is 1. The number of carboxylic acids is 1. The van der Waals surface area contributed by atoms with E-state index >= 15 is 0 Å². The molecule has 1 aromatic carbocycles. The third-order valence-corrected chi connectivity index (χ3v) is 3.85. The van der Waals surface area contributed by atoms with E-state index in [1.807, 2.05) is 13.0 Å². The molecule has 2 aromatic rings. The molecule has 0 saturated heterocycles. The zero-order chi connectivity index (χ0) is 19.1. The smallest absolute Gasteiger partial charge is 0.326 e. The van der Waals surface area contributed by atoms with Crippen LogP contribution in [0.5, 0.6) is 5.75 Å². The number of ketones is 1. The summed E-state index contributed by atoms with van der Waals surface area (Å²) in [6, 6.07) is 4.15. The van der Waals surface area contributed by atoms with Gasteiger partial charge >= 0.3 is 5.97 Å². The molecule has 26 heavy (non-hydrogen) atoms. The Morgan fingerprint density at radius 2 is 2.08 bits per heavy atom. The highest BCUT2D eigenvalue weighted by atomic mass is 16.5. The van der Waals surface area contributed by atoms with Crippen LogP contribution in [0.1, 0.15) is 34.5 Å². The number of methoxy groups -OCH3 is 1. The Morgan fingerprint density at radius 3 is 2.69 bits per heavy atom. The van der Waals surface area contributed by atoms with Gasteiger partial charge in [-0.25, -0.2) is 9.78 Å². The van der Waals surface area contributed by atoms with Gasteiger partial charge < -0.3 is 20.1 Å². The van der Waals surface area contributed by atoms with Gasteiger partial charge in [-0.2, -0.15) is 0 Å². The first-order valence-corrected chi connectivity index (χ1v) is 8.08. The van der Waals surface area contributed by atoms with Crippen molar-refractivity contribution in [1.82, 2.24) is 15.3 Å². The number of rotatable bonds is 9. The summed E-state index contributed by atoms with van der Waals surface area (Å²) in [4.78, 5) is 42.3. The number of Topliss-reactive ketones (excluding diaryl/α,β-unsaturated/α-hetero) is 1. The molecule has 3 N–H and O–H groups in total. The zero-order valence-electron chi connectivity index (χ0n) is 14.6. The fraction of sp³-hybridized carbons (Fsp3) is 0.333. The number of ether oxygens (including phenoxy) is 1. The SMILES string of the molecule is COc1ccc(C)cc1C(=O)CCC(=O)NC(Cc1cnc[nH]1)C(=O)O. The van der Waals surface area contributed by atoms with Crippen molar-refractivity contribution in [2.45, 2.75) is 32.2 Å². The number of amides is 1. The Kier molecular flexibility index (Phi) is 6.48. The standard InChI is InChI=1S/C18H21N3O5/c1-11-3-5-16(26-2)13(7-11)15(22)4-6-17(23)21-14(18(24)25)8-12-9-19-10-20-12/h3,5,7,9-10,14H,4,6,8H2,1-2H3,(H,19,20)(H,21,23)(H,24,25). The highest BCUT2D eigenvalue weighted by Crippen LogP contribution is 2.21. The van der Waals surface area contributed by atoms with Crippen LogP contribution in [0.3, 0.4) is 0 Å². The van der Waals surface area contributed by atoms with Gasteiger partial charge in [-0.05, 0) is 19.1 Å². The van der Waals surface area contributed by atoms with Gasteiger partial charge in [0.1, 0.15) is 11.8 Å². The van der Waals surface area contributed by atoms with Gasteiger partial charge in [0.05, 0.1) is 19.0 Å². The van der Waals surface area contributed by atoms with Crippen LogP contribution in [0.15, 0.2) is 30.7 Å². The van der Waals surface area contributed by atoms with E-state index in [0.29, 0.717) is 17.0 Å². The first-order valence-electron chi connectivity index (χ1n) is 8.08. The van der Waals surface area contributed by atoms with Gasteiger partial charge in [0.2, 0.25) is 5.91 Å². The number of nitrogens with one attached hydrogen (secondary N) is 2. The van der Waals surface area contributed by atoms with Crippen molar-refractivity contribution in [2.75, 3.05) is 7.11 Å². The van der Waals surface area contributed by atoms with Crippen molar-refractivity contribution in [2.24, 2.45) is 0 Å². The van der Waals surface area contributed by atoms with E-state index < -0.39 is 17.9 Å². The second-order valence-corrected chi connectivity index (χ2v) is 5.87. The van der Waals surface area contributed by atoms with Crippen molar-refractivity contribution < 1.29 is 24.2 Å². The third-order valence-electron chi connectivity index (χ3n) is 3.85. The van der Waals surface area contributed by atoms with E-state index in [-0.39, 0.29) is 25.0 Å². The number of carbonyl (C=O) groups excluding carboxylic acids is 2. The highest BCUT2D eigenvalue weighted by molar-refractivity contribution is 6.00. The Balaban J connectivity index is 1.93. The number of aromatic nitrogens is 2. The maximum atomic E-state index is 12.4. The lowest BCUT2D eigenvalue weighted by atomic mass is 10.0. The van der Waals surface area contributed by atoms with Gasteiger partial charge in [0, 0.05) is 31.2 Å². The minimum Gasteiger partial charge on any atom is -0.496 e. The number of imidazole rings is 1. The molecule has 0 bridgehead atoms. The van der Waals surface area contributed by atoms with Crippen LogP contribution in [0.2, 0.25) is 0 Å². The molecular formula is C18H21N3O5. The lowest BCUT2D eigenvalue weighted by molar-refractivity contribution is -0.141. The van der Waals surface area contributed by atoms with Crippen LogP contribution < -0.4 is 10.1 Å². The lowest BCUT2D eigenvalue weighted by Crippen LogP contribution is -2.42. The number of carboxylic acid groups (broad SMARTS) is 1. The topological polar surface area (TPSA) is 121 Å². The van der Waals surface area contributed by atoms with Crippen molar-refractivity contribution in [3.05, 3.63) is 47.5 Å². The van der Waals surface area contributed by atoms with E-state index in [2.05, 4.69) is 15.3 Å². The van der Waals surface area contributed by atoms with Gasteiger partial charge in [0.15, 0.2) is 5.78 Å². The van der Waals surface area contributed by atoms with Crippen LogP contribution in [0.25, 0.3) is 0 Å². The predicted octanol–water partition coefficient (Wildman–Crippen LogP) is 1.50. The van der Waals surface area contributed by atoms with E-state index in [4.69, 9.17) is 4.74 Å². The molecule has 0 saturated carbocycles. The van der Waals surface area contributed by atoms with Crippen LogP contribution >= 0.6 is 0 Å². The summed E-state index contributed by atoms with van der Waals surface area (Å²) in [5.41, 5.74) is 1.91. The largest absolute Gasteiger partial charge is 0.496 e. The van der Waals surface area contributed by atoms with Crippen molar-refractivity contribution in [3.63, 3.8) is 0 Å². The van der Waals surface area contributed by atoms with Gasteiger partial charge in [-0.1, -0.05) is 11.6 Å². The number of H-pyrrole nitrogens is 1. The Labute approximate surface area is 150 Å². The fourth-order valence-corrected chi connectivity index (χ4v) is 2.48. The highest BCUT2D eigenvalue weighted by Gasteiger charge is 2.22. The third kappa shape index (κ3) is 5.17. The maximum Gasteiger partial charge on any atom is 0.326 e. The first kappa shape index (κ1) is 19.2. The second kappa shape index (κ2) is 8.80. The normalized spacial score (nSPS) is 11.6. The number of aromatic amines is 1. The Bertz CT molecular complexity index is 786. The molecule has 1 amide bonds. The first-order chi connectivity index (χ1) is 12.4. The summed E-state index contributed by atoms with van der Waals surface area (Å²) in [7, 11) is 1.47. The molecule has 0 fully saturated rings. The zero-order valence-corrected chi connectivity index (χ0v) is 14.6. The molecule has 0 aliphatic rings. The summed E-state index contributed by atoms with van der Waals surface area (Å²) >= 11 is 0. The van der Waals surface area contributed by atoms with Gasteiger partial charge in [-0.3, -0.25) is 9.59 Å². The molecular weight excluding hydrogens is 338 g/mol. The maximum absolute atomic E-state index is 12.4. The van der Waals surface area contributed by atoms with Crippen molar-refractivity contribution >= 4 is 17.7 Å². The Hall–Kier alpha value is -3.16. The number of hydrogen-bond acceptors (Lipinski definition) is 5. The minimum atomic E-state index is -1.15. The number of nitrogens with zero attached hydrogens (tertiary/aromatic N) is 1. The molecule has 1 aromatic heterocycles. The molecule has 1 atom stereocenters. The van der Waals surface area contributed by atoms with E-state index in [1.165, 1.54) is 19.6 Å². The quantitative estimate of drug-likeness (QED) is 0.583. The monoisotopic (exact) mass is 359 g/mol. The average molecular weight is 359 g/mol. The molecule has 8 nitrogen and oxygen atoms in total. The molecule has 0 radical (unpaired) electrons. The van der Waals surface area contributed by atoms with Gasteiger partial charge in [-0.15, -0.1) is 0 Å². The molecule has 1 unspecified atom stereocenters. The summed E-state index contributed by atoms with van der Waals surface area (Å²) in [6.45, 7) is 1.86. The molecule has 138 valence electrons. The molecule has 8 heteroatoms. The number of aliphatic carboxylic acids is 1. The van der Waals surface area contributed by atoms with Crippen LogP contribution in [0.4, 0.5) is 0 Å². The van der Waals surface area contributed by atoms with Crippen LogP contribution in [0, 0.1) is 6.92 Å². The van der Waals surface area contributed by atoms with E-state index in [9.17, 15) is 19.5 Å². The average Bonchev–Trinajstić information content (AvgIpc) is 3.12. The van der Waals surface area contributed by atoms with Crippen molar-refractivity contribution in [1.29, 1.82) is 0 Å². The van der Waals surface area contributed by atoms with Crippen LogP contribution in [-0.2, 0) is 16.0 Å². The summed E-state index contributed by atoms with van der Waals surface area (Å²) in [6.07, 6.45) is 2.87. The molecule has 0 aliphatic heterocycles. The van der Waals surface area contributed by atoms with E-state index in [0.717, 1.165) is 5.56 Å². The molecule has 2 rings (SSSR count). The molecule has 0 aliphatic carbocycles. The van der Waals surface area contributed by atoms with Gasteiger partial charge in [0.25, 0.3) is 0 Å². The second-order valence-electron chi connectivity index (χ2n) is 5.87. The molecule has 1 heterocycles. The summed E-state index contributed by atoms with van der Waals surface area (Å²) in [5, 5.41) is 11.7. The van der Waals surface area contributed by atoms with E-state index in [1.54, 1.807) is 12.1 Å². The Morgan fingerprint density at radius 1 is 1.31 bits per heavy atom. The lowest BCUT2D eigenvalue weighted by Gasteiger charge is -2.14. The molecule has 0 spiro atoms. The summed E-state index contributed by atoms with van der Waals surface area (Å²) in [5.74, 6) is -1.44. The minimum absolute atomic E-state index is 0.0396. The fourth-order valence-electron chi connectivity index (χ4n) is 2.48. The number of hydrogen-bond donors (Lipinski definition) is 3. The number of aryl methyl sites for hydroxylation is 1.